The maximum Gasteiger partial charge on any atom is 0.307 e. The molecule has 0 aliphatic carbocycles. The van der Waals surface area contributed by atoms with Crippen LogP contribution in [0.3, 0.4) is 0 Å². The summed E-state index contributed by atoms with van der Waals surface area (Å²) in [5.74, 6) is -1.04. The van der Waals surface area contributed by atoms with E-state index in [0.29, 0.717) is 32.0 Å². The summed E-state index contributed by atoms with van der Waals surface area (Å²) in [7, 11) is 0. The minimum Gasteiger partial charge on any atom is -0.481 e. The number of aromatic nitrogens is 1. The zero-order valence-corrected chi connectivity index (χ0v) is 16.9. The predicted octanol–water partition coefficient (Wildman–Crippen LogP) is 4.68. The first-order valence-electron chi connectivity index (χ1n) is 8.37. The Balaban J connectivity index is 1.74. The number of benzene rings is 2. The smallest absolute Gasteiger partial charge is 0.307 e. The lowest BCUT2D eigenvalue weighted by Crippen LogP contribution is -2.46. The largest absolute Gasteiger partial charge is 0.481 e. The van der Waals surface area contributed by atoms with Gasteiger partial charge in [0.25, 0.3) is 5.91 Å². The molecule has 0 bridgehead atoms. The minimum absolute atomic E-state index is 0.183. The lowest BCUT2D eigenvalue weighted by Gasteiger charge is -2.33. The summed E-state index contributed by atoms with van der Waals surface area (Å²) in [4.78, 5) is 30.2. The fourth-order valence-corrected chi connectivity index (χ4v) is 4.55. The Bertz CT molecular complexity index is 1110. The first-order chi connectivity index (χ1) is 13.3. The molecule has 9 heteroatoms. The van der Waals surface area contributed by atoms with Crippen molar-refractivity contribution in [1.29, 1.82) is 0 Å². The van der Waals surface area contributed by atoms with Crippen LogP contribution in [0.15, 0.2) is 30.3 Å². The number of carboxylic acids is 1. The van der Waals surface area contributed by atoms with Crippen molar-refractivity contribution in [3.8, 4) is 5.75 Å². The van der Waals surface area contributed by atoms with Crippen molar-refractivity contribution in [2.75, 3.05) is 4.90 Å². The molecule has 1 unspecified atom stereocenters. The highest BCUT2D eigenvalue weighted by Gasteiger charge is 2.36. The second-order valence-corrected chi connectivity index (χ2v) is 8.29. The Morgan fingerprint density at radius 1 is 1.32 bits per heavy atom. The molecule has 1 atom stereocenters. The molecule has 0 saturated carbocycles. The Kier molecular flexibility index (Phi) is 4.91. The van der Waals surface area contributed by atoms with E-state index in [4.69, 9.17) is 33.0 Å². The molecule has 4 rings (SSSR count). The molecule has 2 aromatic carbocycles. The standard InChI is InChI=1S/C19H14Cl2N2O4S/c1-9-2-5-13-12(6-9)23(19(26)14(27-13)7-16(24)25)8-15-22-11-4-3-10(20)17(21)18(11)28-15/h2-6,14H,7-8H2,1H3,(H,24,25). The van der Waals surface area contributed by atoms with Crippen molar-refractivity contribution in [3.05, 3.63) is 50.9 Å². The second-order valence-electron chi connectivity index (χ2n) is 6.42. The topological polar surface area (TPSA) is 79.7 Å². The molecule has 1 aromatic heterocycles. The summed E-state index contributed by atoms with van der Waals surface area (Å²) in [6, 6.07) is 8.88. The van der Waals surface area contributed by atoms with Crippen LogP contribution in [0, 0.1) is 6.92 Å². The molecule has 144 valence electrons. The number of halogens is 2. The van der Waals surface area contributed by atoms with Crippen molar-refractivity contribution >= 4 is 62.3 Å². The van der Waals surface area contributed by atoms with E-state index in [9.17, 15) is 9.59 Å². The molecule has 0 spiro atoms. The molecule has 1 aliphatic heterocycles. The van der Waals surface area contributed by atoms with Gasteiger partial charge in [0.1, 0.15) is 10.8 Å². The Morgan fingerprint density at radius 3 is 2.86 bits per heavy atom. The van der Waals surface area contributed by atoms with E-state index in [-0.39, 0.29) is 6.54 Å². The predicted molar refractivity (Wildman–Crippen MR) is 109 cm³/mol. The number of hydrogen-bond acceptors (Lipinski definition) is 5. The van der Waals surface area contributed by atoms with Crippen molar-refractivity contribution in [3.63, 3.8) is 0 Å². The van der Waals surface area contributed by atoms with Gasteiger partial charge in [-0.3, -0.25) is 14.5 Å². The van der Waals surface area contributed by atoms with Crippen LogP contribution in [0.1, 0.15) is 17.0 Å². The average molecular weight is 437 g/mol. The van der Waals surface area contributed by atoms with Gasteiger partial charge in [-0.15, -0.1) is 11.3 Å². The number of ether oxygens (including phenoxy) is 1. The van der Waals surface area contributed by atoms with Gasteiger partial charge in [-0.05, 0) is 36.8 Å². The Morgan fingerprint density at radius 2 is 2.11 bits per heavy atom. The summed E-state index contributed by atoms with van der Waals surface area (Å²) in [5.41, 5.74) is 2.24. The van der Waals surface area contributed by atoms with Crippen LogP contribution in [0.25, 0.3) is 10.2 Å². The summed E-state index contributed by atoms with van der Waals surface area (Å²) >= 11 is 13.7. The van der Waals surface area contributed by atoms with Crippen LogP contribution < -0.4 is 9.64 Å². The quantitative estimate of drug-likeness (QED) is 0.641. The number of thiazole rings is 1. The fourth-order valence-electron chi connectivity index (χ4n) is 3.07. The van der Waals surface area contributed by atoms with E-state index in [1.165, 1.54) is 16.2 Å². The van der Waals surface area contributed by atoms with Gasteiger partial charge in [-0.2, -0.15) is 0 Å². The van der Waals surface area contributed by atoms with Crippen molar-refractivity contribution in [2.24, 2.45) is 0 Å². The molecular formula is C19H14Cl2N2O4S. The van der Waals surface area contributed by atoms with E-state index in [1.54, 1.807) is 18.2 Å². The number of fused-ring (bicyclic) bond motifs is 2. The monoisotopic (exact) mass is 436 g/mol. The molecule has 2 heterocycles. The maximum absolute atomic E-state index is 12.9. The molecular weight excluding hydrogens is 423 g/mol. The second kappa shape index (κ2) is 7.24. The number of anilines is 1. The molecule has 3 aromatic rings. The van der Waals surface area contributed by atoms with Gasteiger partial charge in [0.2, 0.25) is 0 Å². The third-order valence-corrected chi connectivity index (χ3v) is 6.35. The number of aryl methyl sites for hydroxylation is 1. The molecule has 1 amide bonds. The van der Waals surface area contributed by atoms with E-state index in [1.807, 2.05) is 19.1 Å². The lowest BCUT2D eigenvalue weighted by molar-refractivity contribution is -0.142. The molecule has 28 heavy (non-hydrogen) atoms. The summed E-state index contributed by atoms with van der Waals surface area (Å²) < 4.78 is 6.39. The van der Waals surface area contributed by atoms with Crippen LogP contribution in [0.5, 0.6) is 5.75 Å². The SMILES string of the molecule is Cc1ccc2c(c1)N(Cc1nc3ccc(Cl)c(Cl)c3s1)C(=O)C(CC(=O)O)O2. The third kappa shape index (κ3) is 3.41. The number of aliphatic carboxylic acids is 1. The highest BCUT2D eigenvalue weighted by Crippen LogP contribution is 2.39. The zero-order valence-electron chi connectivity index (χ0n) is 14.6. The van der Waals surface area contributed by atoms with Crippen LogP contribution >= 0.6 is 34.5 Å². The lowest BCUT2D eigenvalue weighted by atomic mass is 10.1. The number of nitrogens with zero attached hydrogens (tertiary/aromatic N) is 2. The van der Waals surface area contributed by atoms with Crippen molar-refractivity contribution in [2.45, 2.75) is 26.0 Å². The third-order valence-electron chi connectivity index (χ3n) is 4.36. The molecule has 0 saturated heterocycles. The van der Waals surface area contributed by atoms with E-state index in [0.717, 1.165) is 10.3 Å². The van der Waals surface area contributed by atoms with Gasteiger partial charge >= 0.3 is 5.97 Å². The average Bonchev–Trinajstić information content (AvgIpc) is 3.05. The molecule has 6 nitrogen and oxygen atoms in total. The van der Waals surface area contributed by atoms with Crippen LogP contribution in [0.2, 0.25) is 10.0 Å². The summed E-state index contributed by atoms with van der Waals surface area (Å²) in [6.45, 7) is 2.09. The number of carbonyl (C=O) groups is 2. The van der Waals surface area contributed by atoms with Crippen LogP contribution in [-0.4, -0.2) is 28.1 Å². The normalized spacial score (nSPS) is 16.2. The Hall–Kier alpha value is -2.35. The summed E-state index contributed by atoms with van der Waals surface area (Å²) in [5, 5.41) is 10.6. The van der Waals surface area contributed by atoms with Gasteiger partial charge in [-0.25, -0.2) is 4.98 Å². The van der Waals surface area contributed by atoms with Gasteiger partial charge in [0.05, 0.1) is 38.9 Å². The zero-order chi connectivity index (χ0) is 20.0. The highest BCUT2D eigenvalue weighted by atomic mass is 35.5. The van der Waals surface area contributed by atoms with Crippen LogP contribution in [-0.2, 0) is 16.1 Å². The van der Waals surface area contributed by atoms with E-state index >= 15 is 0 Å². The molecule has 1 aliphatic rings. The highest BCUT2D eigenvalue weighted by molar-refractivity contribution is 7.19. The number of rotatable bonds is 4. The van der Waals surface area contributed by atoms with E-state index in [2.05, 4.69) is 4.98 Å². The number of amides is 1. The number of hydrogen-bond donors (Lipinski definition) is 1. The number of carbonyl (C=O) groups excluding carboxylic acids is 1. The maximum atomic E-state index is 12.9. The van der Waals surface area contributed by atoms with Crippen molar-refractivity contribution in [1.82, 2.24) is 4.98 Å². The van der Waals surface area contributed by atoms with E-state index < -0.39 is 24.4 Å². The summed E-state index contributed by atoms with van der Waals surface area (Å²) in [6.07, 6.45) is -1.50. The van der Waals surface area contributed by atoms with Gasteiger partial charge in [0.15, 0.2) is 6.10 Å². The van der Waals surface area contributed by atoms with Gasteiger partial charge in [-0.1, -0.05) is 29.3 Å². The number of carboxylic acid groups (broad SMARTS) is 1. The van der Waals surface area contributed by atoms with Crippen molar-refractivity contribution < 1.29 is 19.4 Å². The minimum atomic E-state index is -1.10. The Labute approximate surface area is 174 Å². The fraction of sp³-hybridized carbons (Fsp3) is 0.211. The van der Waals surface area contributed by atoms with Gasteiger partial charge in [0, 0.05) is 0 Å². The van der Waals surface area contributed by atoms with Crippen LogP contribution in [0.4, 0.5) is 5.69 Å². The first-order valence-corrected chi connectivity index (χ1v) is 9.94. The molecule has 0 radical (unpaired) electrons. The molecule has 0 fully saturated rings. The molecule has 1 N–H and O–H groups in total. The van der Waals surface area contributed by atoms with Gasteiger partial charge < -0.3 is 9.84 Å². The first kappa shape index (κ1) is 19.0.